The lowest BCUT2D eigenvalue weighted by molar-refractivity contribution is 0.121. The van der Waals surface area contributed by atoms with E-state index >= 15 is 0 Å². The molecule has 1 saturated heterocycles. The summed E-state index contributed by atoms with van der Waals surface area (Å²) in [6, 6.07) is 17.8. The third-order valence-corrected chi connectivity index (χ3v) is 5.20. The van der Waals surface area contributed by atoms with E-state index < -0.39 is 0 Å². The third-order valence-electron chi connectivity index (χ3n) is 5.20. The van der Waals surface area contributed by atoms with E-state index in [9.17, 15) is 0 Å². The molecule has 1 aliphatic rings. The van der Waals surface area contributed by atoms with Crippen molar-refractivity contribution in [1.82, 2.24) is 4.98 Å². The summed E-state index contributed by atoms with van der Waals surface area (Å²) in [4.78, 5) is 7.09. The maximum Gasteiger partial charge on any atom is 0.122 e. The largest absolute Gasteiger partial charge is 0.489 e. The molecule has 2 aromatic carbocycles. The molecule has 0 saturated carbocycles. The number of hydrogen-bond acceptors (Lipinski definition) is 5. The molecule has 0 N–H and O–H groups in total. The van der Waals surface area contributed by atoms with E-state index in [0.717, 1.165) is 47.4 Å². The number of benzene rings is 2. The minimum atomic E-state index is 0. The number of nitrogens with zero attached hydrogens (tertiary/aromatic N) is 3. The van der Waals surface area contributed by atoms with Gasteiger partial charge in [0, 0.05) is 43.0 Å². The molecule has 4 rings (SSSR count). The van der Waals surface area contributed by atoms with Gasteiger partial charge < -0.3 is 14.4 Å². The van der Waals surface area contributed by atoms with Gasteiger partial charge in [0.2, 0.25) is 0 Å². The smallest absolute Gasteiger partial charge is 0.122 e. The number of aromatic nitrogens is 1. The van der Waals surface area contributed by atoms with Crippen molar-refractivity contribution in [2.45, 2.75) is 26.1 Å². The average molecular weight is 410 g/mol. The SMILES string of the molecule is CO[C@H]1CCN(c2cc(C)nc3cc(OCc4ccc(C#N)cc4)ccc23)C1.Cl. The van der Waals surface area contributed by atoms with E-state index in [2.05, 4.69) is 23.1 Å². The lowest BCUT2D eigenvalue weighted by Gasteiger charge is -2.21. The Morgan fingerprint density at radius 1 is 1.17 bits per heavy atom. The van der Waals surface area contributed by atoms with Crippen LogP contribution >= 0.6 is 12.4 Å². The number of methoxy groups -OCH3 is 1. The second-order valence-electron chi connectivity index (χ2n) is 7.15. The van der Waals surface area contributed by atoms with Gasteiger partial charge in [-0.2, -0.15) is 5.26 Å². The maximum absolute atomic E-state index is 8.89. The highest BCUT2D eigenvalue weighted by molar-refractivity contribution is 5.93. The molecule has 1 fully saturated rings. The van der Waals surface area contributed by atoms with Crippen molar-refractivity contribution in [3.8, 4) is 11.8 Å². The molecule has 0 aliphatic carbocycles. The number of ether oxygens (including phenoxy) is 2. The van der Waals surface area contributed by atoms with Crippen LogP contribution in [-0.2, 0) is 11.3 Å². The predicted molar refractivity (Wildman–Crippen MR) is 117 cm³/mol. The van der Waals surface area contributed by atoms with E-state index in [1.165, 1.54) is 5.69 Å². The van der Waals surface area contributed by atoms with Crippen molar-refractivity contribution in [3.05, 3.63) is 65.4 Å². The highest BCUT2D eigenvalue weighted by atomic mass is 35.5. The molecule has 29 heavy (non-hydrogen) atoms. The van der Waals surface area contributed by atoms with E-state index in [0.29, 0.717) is 18.3 Å². The summed E-state index contributed by atoms with van der Waals surface area (Å²) in [5, 5.41) is 10.0. The number of halogens is 1. The number of aryl methyl sites for hydroxylation is 1. The molecule has 0 spiro atoms. The van der Waals surface area contributed by atoms with Gasteiger partial charge in [-0.3, -0.25) is 4.98 Å². The Kier molecular flexibility index (Phi) is 6.58. The Labute approximate surface area is 177 Å². The first kappa shape index (κ1) is 20.9. The fourth-order valence-corrected chi connectivity index (χ4v) is 3.65. The first-order valence-electron chi connectivity index (χ1n) is 9.47. The van der Waals surface area contributed by atoms with Crippen LogP contribution in [0.4, 0.5) is 5.69 Å². The number of nitriles is 1. The molecule has 2 heterocycles. The fraction of sp³-hybridized carbons (Fsp3) is 0.304. The zero-order valence-electron chi connectivity index (χ0n) is 16.6. The van der Waals surface area contributed by atoms with Gasteiger partial charge in [0.15, 0.2) is 0 Å². The van der Waals surface area contributed by atoms with Gasteiger partial charge in [-0.25, -0.2) is 0 Å². The molecule has 1 aromatic heterocycles. The summed E-state index contributed by atoms with van der Waals surface area (Å²) >= 11 is 0. The van der Waals surface area contributed by atoms with Crippen molar-refractivity contribution in [1.29, 1.82) is 5.26 Å². The molecule has 6 heteroatoms. The van der Waals surface area contributed by atoms with Gasteiger partial charge in [-0.15, -0.1) is 12.4 Å². The topological polar surface area (TPSA) is 58.4 Å². The summed E-state index contributed by atoms with van der Waals surface area (Å²) in [7, 11) is 1.78. The summed E-state index contributed by atoms with van der Waals surface area (Å²) in [5.74, 6) is 0.789. The Morgan fingerprint density at radius 3 is 2.66 bits per heavy atom. The standard InChI is InChI=1S/C23H23N3O2.ClH/c1-16-11-23(26-10-9-20(14-26)27-2)21-8-7-19(12-22(21)25-16)28-15-18-5-3-17(13-24)4-6-18;/h3-8,11-12,20H,9-10,14-15H2,1-2H3;1H/t20-;/m0./s1. The monoisotopic (exact) mass is 409 g/mol. The molecular formula is C23H24ClN3O2. The lowest BCUT2D eigenvalue weighted by atomic mass is 10.1. The van der Waals surface area contributed by atoms with Gasteiger partial charge >= 0.3 is 0 Å². The summed E-state index contributed by atoms with van der Waals surface area (Å²) in [6.45, 7) is 4.38. The Bertz CT molecular complexity index is 1030. The third kappa shape index (κ3) is 4.61. The number of hydrogen-bond donors (Lipinski definition) is 0. The van der Waals surface area contributed by atoms with E-state index in [4.69, 9.17) is 19.7 Å². The van der Waals surface area contributed by atoms with Crippen LogP contribution in [0.2, 0.25) is 0 Å². The maximum atomic E-state index is 8.89. The lowest BCUT2D eigenvalue weighted by Crippen LogP contribution is -2.22. The van der Waals surface area contributed by atoms with Crippen molar-refractivity contribution < 1.29 is 9.47 Å². The quantitative estimate of drug-likeness (QED) is 0.614. The van der Waals surface area contributed by atoms with Crippen LogP contribution in [0.25, 0.3) is 10.9 Å². The number of pyridine rings is 1. The van der Waals surface area contributed by atoms with Crippen LogP contribution < -0.4 is 9.64 Å². The zero-order valence-corrected chi connectivity index (χ0v) is 17.4. The van der Waals surface area contributed by atoms with Crippen LogP contribution in [0.5, 0.6) is 5.75 Å². The highest BCUT2D eigenvalue weighted by Gasteiger charge is 2.24. The van der Waals surface area contributed by atoms with Crippen LogP contribution in [0.3, 0.4) is 0 Å². The van der Waals surface area contributed by atoms with Crippen LogP contribution in [0, 0.1) is 18.3 Å². The van der Waals surface area contributed by atoms with E-state index in [-0.39, 0.29) is 12.4 Å². The van der Waals surface area contributed by atoms with Crippen molar-refractivity contribution in [3.63, 3.8) is 0 Å². The molecule has 0 unspecified atom stereocenters. The van der Waals surface area contributed by atoms with Gasteiger partial charge in [0.1, 0.15) is 12.4 Å². The van der Waals surface area contributed by atoms with Crippen LogP contribution in [0.15, 0.2) is 48.5 Å². The van der Waals surface area contributed by atoms with Gasteiger partial charge in [0.05, 0.1) is 23.3 Å². The molecule has 0 radical (unpaired) electrons. The molecule has 3 aromatic rings. The second kappa shape index (κ2) is 9.13. The number of rotatable bonds is 5. The fourth-order valence-electron chi connectivity index (χ4n) is 3.65. The first-order chi connectivity index (χ1) is 13.7. The molecule has 0 amide bonds. The Balaban J connectivity index is 0.00000240. The minimum absolute atomic E-state index is 0. The molecule has 1 aliphatic heterocycles. The number of anilines is 1. The molecular weight excluding hydrogens is 386 g/mol. The first-order valence-corrected chi connectivity index (χ1v) is 9.47. The zero-order chi connectivity index (χ0) is 19.5. The Hall–Kier alpha value is -2.81. The summed E-state index contributed by atoms with van der Waals surface area (Å²) < 4.78 is 11.5. The summed E-state index contributed by atoms with van der Waals surface area (Å²) in [5.41, 5.74) is 4.82. The van der Waals surface area contributed by atoms with Gasteiger partial charge in [0.25, 0.3) is 0 Å². The Morgan fingerprint density at radius 2 is 1.97 bits per heavy atom. The van der Waals surface area contributed by atoms with E-state index in [1.54, 1.807) is 19.2 Å². The molecule has 1 atom stereocenters. The van der Waals surface area contributed by atoms with Crippen molar-refractivity contribution >= 4 is 29.0 Å². The second-order valence-corrected chi connectivity index (χ2v) is 7.15. The van der Waals surface area contributed by atoms with Crippen molar-refractivity contribution in [2.75, 3.05) is 25.1 Å². The van der Waals surface area contributed by atoms with Gasteiger partial charge in [-0.05, 0) is 49.2 Å². The molecule has 150 valence electrons. The highest BCUT2D eigenvalue weighted by Crippen LogP contribution is 2.32. The normalized spacial score (nSPS) is 15.8. The minimum Gasteiger partial charge on any atom is -0.489 e. The average Bonchev–Trinajstić information content (AvgIpc) is 3.21. The van der Waals surface area contributed by atoms with Gasteiger partial charge in [-0.1, -0.05) is 12.1 Å². The molecule has 0 bridgehead atoms. The van der Waals surface area contributed by atoms with Crippen LogP contribution in [-0.4, -0.2) is 31.3 Å². The summed E-state index contributed by atoms with van der Waals surface area (Å²) in [6.07, 6.45) is 1.34. The van der Waals surface area contributed by atoms with E-state index in [1.807, 2.05) is 31.2 Å². The predicted octanol–water partition coefficient (Wildman–Crippen LogP) is 4.64. The van der Waals surface area contributed by atoms with Crippen LogP contribution in [0.1, 0.15) is 23.2 Å². The molecule has 5 nitrogen and oxygen atoms in total. The number of fused-ring (bicyclic) bond motifs is 1. The van der Waals surface area contributed by atoms with Crippen molar-refractivity contribution in [2.24, 2.45) is 0 Å².